The van der Waals surface area contributed by atoms with Gasteiger partial charge in [-0.15, -0.1) is 0 Å². The highest BCUT2D eigenvalue weighted by atomic mass is 19.1. The Hall–Kier alpha value is -3.31. The molecule has 3 aromatic rings. The van der Waals surface area contributed by atoms with E-state index in [0.717, 1.165) is 36.2 Å². The van der Waals surface area contributed by atoms with E-state index in [2.05, 4.69) is 21.8 Å². The summed E-state index contributed by atoms with van der Waals surface area (Å²) in [5.74, 6) is -0.0305. The zero-order valence-corrected chi connectivity index (χ0v) is 17.4. The van der Waals surface area contributed by atoms with Crippen LogP contribution in [-0.2, 0) is 4.79 Å². The molecule has 1 aliphatic rings. The van der Waals surface area contributed by atoms with Gasteiger partial charge in [-0.2, -0.15) is 0 Å². The van der Waals surface area contributed by atoms with E-state index < -0.39 is 0 Å². The highest BCUT2D eigenvalue weighted by Crippen LogP contribution is 2.28. The van der Waals surface area contributed by atoms with E-state index in [1.165, 1.54) is 12.1 Å². The summed E-state index contributed by atoms with van der Waals surface area (Å²) in [5, 5.41) is 3.13. The Morgan fingerprint density at radius 1 is 1.10 bits per heavy atom. The molecule has 1 aromatic heterocycles. The van der Waals surface area contributed by atoms with E-state index >= 15 is 0 Å². The van der Waals surface area contributed by atoms with Crippen LogP contribution in [0.4, 0.5) is 4.39 Å². The minimum Gasteiger partial charge on any atom is -0.341 e. The largest absolute Gasteiger partial charge is 0.341 e. The molecule has 2 aromatic carbocycles. The fourth-order valence-electron chi connectivity index (χ4n) is 4.11. The number of carbonyl (C=O) groups excluding carboxylic acids is 1. The lowest BCUT2D eigenvalue weighted by Gasteiger charge is -2.22. The Balaban J connectivity index is 1.39. The number of halogens is 1. The number of benzene rings is 2. The maximum Gasteiger partial charge on any atom is 0.248 e. The van der Waals surface area contributed by atoms with Crippen molar-refractivity contribution in [3.63, 3.8) is 0 Å². The SMILES string of the molecule is C=C(CN1CCC(c2ccc(F)cc2)C1)C(=O)NC(c1ccccc1)c1cccnc1. The molecule has 0 aliphatic carbocycles. The first-order valence-corrected chi connectivity index (χ1v) is 10.5. The van der Waals surface area contributed by atoms with E-state index in [9.17, 15) is 9.18 Å². The smallest absolute Gasteiger partial charge is 0.248 e. The first kappa shape index (κ1) is 20.9. The molecule has 0 radical (unpaired) electrons. The number of carbonyl (C=O) groups is 1. The summed E-state index contributed by atoms with van der Waals surface area (Å²) < 4.78 is 13.2. The summed E-state index contributed by atoms with van der Waals surface area (Å²) in [6, 6.07) is 20.1. The third-order valence-corrected chi connectivity index (χ3v) is 5.78. The van der Waals surface area contributed by atoms with Crippen LogP contribution >= 0.6 is 0 Å². The highest BCUT2D eigenvalue weighted by molar-refractivity contribution is 5.93. The predicted octanol–water partition coefficient (Wildman–Crippen LogP) is 4.47. The molecule has 2 heterocycles. The Morgan fingerprint density at radius 3 is 2.55 bits per heavy atom. The highest BCUT2D eigenvalue weighted by Gasteiger charge is 2.26. The van der Waals surface area contributed by atoms with Gasteiger partial charge in [0, 0.05) is 31.1 Å². The van der Waals surface area contributed by atoms with E-state index in [-0.39, 0.29) is 17.8 Å². The van der Waals surface area contributed by atoms with Crippen molar-refractivity contribution < 1.29 is 9.18 Å². The maximum atomic E-state index is 13.2. The summed E-state index contributed by atoms with van der Waals surface area (Å²) in [6.07, 6.45) is 4.48. The molecule has 0 spiro atoms. The van der Waals surface area contributed by atoms with Crippen molar-refractivity contribution in [1.29, 1.82) is 0 Å². The molecular weight excluding hydrogens is 389 g/mol. The van der Waals surface area contributed by atoms with Crippen LogP contribution in [0.5, 0.6) is 0 Å². The third-order valence-electron chi connectivity index (χ3n) is 5.78. The normalized spacial score (nSPS) is 17.3. The van der Waals surface area contributed by atoms with Gasteiger partial charge in [0.1, 0.15) is 5.82 Å². The first-order chi connectivity index (χ1) is 15.1. The average Bonchev–Trinajstić information content (AvgIpc) is 3.27. The summed E-state index contributed by atoms with van der Waals surface area (Å²) in [7, 11) is 0. The molecule has 31 heavy (non-hydrogen) atoms. The Morgan fingerprint density at radius 2 is 1.84 bits per heavy atom. The van der Waals surface area contributed by atoms with Gasteiger partial charge in [0.25, 0.3) is 0 Å². The number of pyridine rings is 1. The van der Waals surface area contributed by atoms with Gasteiger partial charge >= 0.3 is 0 Å². The van der Waals surface area contributed by atoms with Crippen LogP contribution in [-0.4, -0.2) is 35.4 Å². The second-order valence-electron chi connectivity index (χ2n) is 7.98. The van der Waals surface area contributed by atoms with Crippen LogP contribution in [0, 0.1) is 5.82 Å². The molecule has 1 N–H and O–H groups in total. The van der Waals surface area contributed by atoms with Gasteiger partial charge in [-0.1, -0.05) is 55.1 Å². The zero-order chi connectivity index (χ0) is 21.6. The van der Waals surface area contributed by atoms with Crippen LogP contribution in [0.3, 0.4) is 0 Å². The minimum atomic E-state index is -0.287. The zero-order valence-electron chi connectivity index (χ0n) is 17.4. The van der Waals surface area contributed by atoms with Crippen LogP contribution in [0.2, 0.25) is 0 Å². The molecule has 5 heteroatoms. The van der Waals surface area contributed by atoms with Crippen molar-refractivity contribution in [2.45, 2.75) is 18.4 Å². The topological polar surface area (TPSA) is 45.2 Å². The van der Waals surface area contributed by atoms with Crippen LogP contribution in [0.1, 0.15) is 35.1 Å². The molecule has 158 valence electrons. The Kier molecular flexibility index (Phi) is 6.53. The lowest BCUT2D eigenvalue weighted by atomic mass is 9.98. The molecule has 0 saturated carbocycles. The number of hydrogen-bond donors (Lipinski definition) is 1. The van der Waals surface area contributed by atoms with E-state index in [4.69, 9.17) is 0 Å². The van der Waals surface area contributed by atoms with Crippen molar-refractivity contribution in [3.05, 3.63) is 114 Å². The van der Waals surface area contributed by atoms with Crippen LogP contribution < -0.4 is 5.32 Å². The molecule has 0 bridgehead atoms. The monoisotopic (exact) mass is 415 g/mol. The number of rotatable bonds is 7. The first-order valence-electron chi connectivity index (χ1n) is 10.5. The minimum absolute atomic E-state index is 0.164. The molecule has 2 unspecified atom stereocenters. The van der Waals surface area contributed by atoms with Crippen molar-refractivity contribution in [2.75, 3.05) is 19.6 Å². The number of nitrogens with one attached hydrogen (secondary N) is 1. The fourth-order valence-corrected chi connectivity index (χ4v) is 4.11. The van der Waals surface area contributed by atoms with Gasteiger partial charge < -0.3 is 5.32 Å². The molecule has 4 nitrogen and oxygen atoms in total. The van der Waals surface area contributed by atoms with Gasteiger partial charge in [-0.3, -0.25) is 14.7 Å². The van der Waals surface area contributed by atoms with E-state index in [0.29, 0.717) is 18.0 Å². The fraction of sp³-hybridized carbons (Fsp3) is 0.231. The van der Waals surface area contributed by atoms with Crippen molar-refractivity contribution in [2.24, 2.45) is 0 Å². The van der Waals surface area contributed by atoms with Crippen molar-refractivity contribution >= 4 is 5.91 Å². The van der Waals surface area contributed by atoms with Crippen molar-refractivity contribution in [1.82, 2.24) is 15.2 Å². The Bertz CT molecular complexity index is 982. The third kappa shape index (κ3) is 5.25. The van der Waals surface area contributed by atoms with Gasteiger partial charge in [0.05, 0.1) is 6.04 Å². The molecular formula is C26H26FN3O. The number of nitrogens with zero attached hydrogens (tertiary/aromatic N) is 2. The number of likely N-dealkylation sites (tertiary alicyclic amines) is 1. The maximum absolute atomic E-state index is 13.2. The Labute approximate surface area is 182 Å². The van der Waals surface area contributed by atoms with Crippen LogP contribution in [0.25, 0.3) is 0 Å². The molecule has 2 atom stereocenters. The summed E-state index contributed by atoms with van der Waals surface area (Å²) in [4.78, 5) is 19.4. The van der Waals surface area contributed by atoms with Crippen LogP contribution in [0.15, 0.2) is 91.3 Å². The molecule has 1 amide bonds. The average molecular weight is 416 g/mol. The molecule has 1 aliphatic heterocycles. The second kappa shape index (κ2) is 9.67. The van der Waals surface area contributed by atoms with Gasteiger partial charge in [-0.05, 0) is 53.8 Å². The summed E-state index contributed by atoms with van der Waals surface area (Å²) in [5.41, 5.74) is 3.59. The quantitative estimate of drug-likeness (QED) is 0.579. The second-order valence-corrected chi connectivity index (χ2v) is 7.98. The van der Waals surface area contributed by atoms with Gasteiger partial charge in [0.2, 0.25) is 5.91 Å². The predicted molar refractivity (Wildman–Crippen MR) is 120 cm³/mol. The van der Waals surface area contributed by atoms with Crippen molar-refractivity contribution in [3.8, 4) is 0 Å². The van der Waals surface area contributed by atoms with E-state index in [1.54, 1.807) is 12.4 Å². The standard InChI is InChI=1S/C26H26FN3O/c1-19(17-30-15-13-23(18-30)20-9-11-24(27)12-10-20)26(31)29-25(21-6-3-2-4-7-21)22-8-5-14-28-16-22/h2-12,14,16,23,25H,1,13,15,17-18H2,(H,29,31). The van der Waals surface area contributed by atoms with Gasteiger partial charge in [0.15, 0.2) is 0 Å². The number of aromatic nitrogens is 1. The number of amides is 1. The molecule has 4 rings (SSSR count). The summed E-state index contributed by atoms with van der Waals surface area (Å²) >= 11 is 0. The summed E-state index contributed by atoms with van der Waals surface area (Å²) in [6.45, 7) is 6.28. The lowest BCUT2D eigenvalue weighted by molar-refractivity contribution is -0.118. The van der Waals surface area contributed by atoms with E-state index in [1.807, 2.05) is 54.6 Å². The lowest BCUT2D eigenvalue weighted by Crippen LogP contribution is -2.34. The number of hydrogen-bond acceptors (Lipinski definition) is 3. The molecule has 1 saturated heterocycles. The van der Waals surface area contributed by atoms with Gasteiger partial charge in [-0.25, -0.2) is 4.39 Å². The molecule has 1 fully saturated rings.